The normalized spacial score (nSPS) is 14.1. The molecule has 0 atom stereocenters. The summed E-state index contributed by atoms with van der Waals surface area (Å²) in [6, 6.07) is 9.53. The average Bonchev–Trinajstić information content (AvgIpc) is 2.74. The molecule has 2 heterocycles. The van der Waals surface area contributed by atoms with E-state index in [9.17, 15) is 8.78 Å². The highest BCUT2D eigenvalue weighted by atomic mass is 19.1. The predicted octanol–water partition coefficient (Wildman–Crippen LogP) is 4.02. The number of halogens is 2. The first-order valence-electron chi connectivity index (χ1n) is 9.82. The molecular weight excluding hydrogens is 386 g/mol. The van der Waals surface area contributed by atoms with Gasteiger partial charge in [-0.15, -0.1) is 0 Å². The first-order chi connectivity index (χ1) is 14.4. The zero-order valence-electron chi connectivity index (χ0n) is 17.0. The highest BCUT2D eigenvalue weighted by Crippen LogP contribution is 2.31. The number of nitrogen functional groups attached to an aromatic ring is 1. The summed E-state index contributed by atoms with van der Waals surface area (Å²) in [7, 11) is 0. The molecule has 2 aromatic carbocycles. The quantitative estimate of drug-likeness (QED) is 0.677. The van der Waals surface area contributed by atoms with Gasteiger partial charge in [-0.25, -0.2) is 18.7 Å². The summed E-state index contributed by atoms with van der Waals surface area (Å²) >= 11 is 0. The largest absolute Gasteiger partial charge is 0.393 e. The molecule has 0 aliphatic carbocycles. The molecule has 1 aromatic heterocycles. The molecule has 0 bridgehead atoms. The summed E-state index contributed by atoms with van der Waals surface area (Å²) in [5.74, 6) is -0.293. The lowest BCUT2D eigenvalue weighted by Crippen LogP contribution is -2.47. The van der Waals surface area contributed by atoms with Crippen molar-refractivity contribution >= 4 is 28.7 Å². The van der Waals surface area contributed by atoms with E-state index in [1.807, 2.05) is 0 Å². The summed E-state index contributed by atoms with van der Waals surface area (Å²) in [5.41, 5.74) is 10.4. The van der Waals surface area contributed by atoms with Crippen molar-refractivity contribution in [3.63, 3.8) is 0 Å². The average molecular weight is 410 g/mol. The zero-order valence-corrected chi connectivity index (χ0v) is 17.0. The van der Waals surface area contributed by atoms with E-state index in [2.05, 4.69) is 57.1 Å². The minimum absolute atomic E-state index is 0.0221. The number of anilines is 5. The van der Waals surface area contributed by atoms with Gasteiger partial charge in [0.1, 0.15) is 23.6 Å². The Hall–Kier alpha value is -3.42. The van der Waals surface area contributed by atoms with Crippen LogP contribution in [-0.2, 0) is 0 Å². The van der Waals surface area contributed by atoms with Crippen LogP contribution >= 0.6 is 0 Å². The van der Waals surface area contributed by atoms with Gasteiger partial charge in [-0.2, -0.15) is 0 Å². The first kappa shape index (κ1) is 19.9. The number of nitrogens with zero attached hydrogens (tertiary/aromatic N) is 4. The van der Waals surface area contributed by atoms with Gasteiger partial charge < -0.3 is 20.9 Å². The van der Waals surface area contributed by atoms with Crippen LogP contribution in [0.5, 0.6) is 0 Å². The highest BCUT2D eigenvalue weighted by molar-refractivity contribution is 5.78. The zero-order chi connectivity index (χ0) is 21.3. The number of aromatic nitrogens is 2. The van der Waals surface area contributed by atoms with E-state index in [0.717, 1.165) is 44.4 Å². The van der Waals surface area contributed by atoms with Crippen molar-refractivity contribution in [2.45, 2.75) is 13.8 Å². The minimum atomic E-state index is -0.585. The van der Waals surface area contributed by atoms with Crippen LogP contribution in [-0.4, -0.2) is 36.1 Å². The van der Waals surface area contributed by atoms with E-state index in [4.69, 9.17) is 5.73 Å². The van der Waals surface area contributed by atoms with Gasteiger partial charge in [0, 0.05) is 37.9 Å². The molecule has 0 spiro atoms. The molecule has 3 N–H and O–H groups in total. The van der Waals surface area contributed by atoms with Crippen LogP contribution in [0, 0.1) is 25.5 Å². The third-order valence-electron chi connectivity index (χ3n) is 5.54. The van der Waals surface area contributed by atoms with Crippen molar-refractivity contribution < 1.29 is 8.78 Å². The van der Waals surface area contributed by atoms with Crippen molar-refractivity contribution in [2.24, 2.45) is 0 Å². The second-order valence-electron chi connectivity index (χ2n) is 7.40. The van der Waals surface area contributed by atoms with Crippen LogP contribution < -0.4 is 20.9 Å². The molecule has 1 fully saturated rings. The summed E-state index contributed by atoms with van der Waals surface area (Å²) in [6.07, 6.45) is 1.38. The second-order valence-corrected chi connectivity index (χ2v) is 7.40. The fourth-order valence-electron chi connectivity index (χ4n) is 3.70. The molecule has 6 nitrogen and oxygen atoms in total. The van der Waals surface area contributed by atoms with Crippen LogP contribution in [0.1, 0.15) is 11.1 Å². The summed E-state index contributed by atoms with van der Waals surface area (Å²) in [4.78, 5) is 12.9. The molecule has 4 rings (SSSR count). The Labute approximate surface area is 174 Å². The van der Waals surface area contributed by atoms with E-state index in [0.29, 0.717) is 11.5 Å². The van der Waals surface area contributed by atoms with Gasteiger partial charge in [0.25, 0.3) is 0 Å². The lowest BCUT2D eigenvalue weighted by Gasteiger charge is -2.38. The minimum Gasteiger partial charge on any atom is -0.393 e. The van der Waals surface area contributed by atoms with E-state index in [1.54, 1.807) is 0 Å². The summed E-state index contributed by atoms with van der Waals surface area (Å²) < 4.78 is 27.4. The molecular formula is C22H24F2N6. The van der Waals surface area contributed by atoms with Crippen molar-refractivity contribution in [2.75, 3.05) is 47.0 Å². The number of benzene rings is 2. The van der Waals surface area contributed by atoms with E-state index in [1.165, 1.54) is 23.1 Å². The maximum absolute atomic E-state index is 14.0. The van der Waals surface area contributed by atoms with Crippen LogP contribution in [0.15, 0.2) is 42.7 Å². The van der Waals surface area contributed by atoms with Gasteiger partial charge in [-0.1, -0.05) is 12.1 Å². The van der Waals surface area contributed by atoms with Gasteiger partial charge in [0.05, 0.1) is 5.69 Å². The monoisotopic (exact) mass is 410 g/mol. The number of rotatable bonds is 4. The first-order valence-corrected chi connectivity index (χ1v) is 9.82. The highest BCUT2D eigenvalue weighted by Gasteiger charge is 2.22. The fraction of sp³-hybridized carbons (Fsp3) is 0.273. The van der Waals surface area contributed by atoms with E-state index >= 15 is 0 Å². The van der Waals surface area contributed by atoms with Crippen LogP contribution in [0.25, 0.3) is 0 Å². The van der Waals surface area contributed by atoms with E-state index < -0.39 is 11.6 Å². The maximum atomic E-state index is 14.0. The van der Waals surface area contributed by atoms with Gasteiger partial charge in [-0.05, 0) is 43.2 Å². The van der Waals surface area contributed by atoms with Crippen molar-refractivity contribution in [3.05, 3.63) is 65.5 Å². The fourth-order valence-corrected chi connectivity index (χ4v) is 3.70. The Kier molecular flexibility index (Phi) is 5.39. The lowest BCUT2D eigenvalue weighted by molar-refractivity contribution is 0.603. The van der Waals surface area contributed by atoms with Crippen molar-refractivity contribution in [1.29, 1.82) is 0 Å². The number of nitrogens with two attached hydrogens (primary N) is 1. The number of aryl methyl sites for hydroxylation is 1. The van der Waals surface area contributed by atoms with Crippen molar-refractivity contribution in [1.82, 2.24) is 9.97 Å². The number of nitrogens with one attached hydrogen (secondary N) is 1. The lowest BCUT2D eigenvalue weighted by atomic mass is 10.1. The Bertz CT molecular complexity index is 1060. The summed E-state index contributed by atoms with van der Waals surface area (Å²) in [6.45, 7) is 7.39. The SMILES string of the molecule is Cc1cccc(N2CCN(c3ncnc(Nc4cc(F)ccc4F)c3N)CC2)c1C. The Morgan fingerprint density at radius 2 is 1.70 bits per heavy atom. The standard InChI is InChI=1S/C22H24F2N6/c1-14-4-3-5-19(15(14)2)29-8-10-30(11-9-29)22-20(25)21(26-13-27-22)28-18-12-16(23)6-7-17(18)24/h3-7,12-13H,8-11,25H2,1-2H3,(H,26,27,28). The molecule has 156 valence electrons. The molecule has 8 heteroatoms. The molecule has 0 amide bonds. The van der Waals surface area contributed by atoms with Gasteiger partial charge in [-0.3, -0.25) is 0 Å². The topological polar surface area (TPSA) is 70.3 Å². The van der Waals surface area contributed by atoms with Crippen LogP contribution in [0.4, 0.5) is 37.5 Å². The van der Waals surface area contributed by atoms with Gasteiger partial charge in [0.15, 0.2) is 11.6 Å². The smallest absolute Gasteiger partial charge is 0.159 e. The van der Waals surface area contributed by atoms with Gasteiger partial charge in [0.2, 0.25) is 0 Å². The third kappa shape index (κ3) is 3.85. The second kappa shape index (κ2) is 8.14. The molecule has 0 saturated carbocycles. The van der Waals surface area contributed by atoms with Crippen molar-refractivity contribution in [3.8, 4) is 0 Å². The molecule has 3 aromatic rings. The third-order valence-corrected chi connectivity index (χ3v) is 5.54. The molecule has 1 aliphatic heterocycles. The number of piperazine rings is 1. The van der Waals surface area contributed by atoms with Gasteiger partial charge >= 0.3 is 0 Å². The number of hydrogen-bond acceptors (Lipinski definition) is 6. The Morgan fingerprint density at radius 3 is 2.47 bits per heavy atom. The molecule has 30 heavy (non-hydrogen) atoms. The molecule has 0 unspecified atom stereocenters. The Balaban J connectivity index is 1.51. The van der Waals surface area contributed by atoms with E-state index in [-0.39, 0.29) is 11.5 Å². The molecule has 1 saturated heterocycles. The number of hydrogen-bond donors (Lipinski definition) is 2. The predicted molar refractivity (Wildman–Crippen MR) is 116 cm³/mol. The molecule has 0 radical (unpaired) electrons. The van der Waals surface area contributed by atoms with Crippen LogP contribution in [0.2, 0.25) is 0 Å². The molecule has 1 aliphatic rings. The summed E-state index contributed by atoms with van der Waals surface area (Å²) in [5, 5.41) is 2.78. The Morgan fingerprint density at radius 1 is 0.967 bits per heavy atom. The van der Waals surface area contributed by atoms with Crippen LogP contribution in [0.3, 0.4) is 0 Å². The maximum Gasteiger partial charge on any atom is 0.159 e.